The fraction of sp³-hybridized carbons (Fsp3) is 0.200. The Kier molecular flexibility index (Phi) is 5.06. The van der Waals surface area contributed by atoms with E-state index in [1.807, 2.05) is 42.6 Å². The minimum atomic E-state index is -0.155. The van der Waals surface area contributed by atoms with E-state index in [0.29, 0.717) is 5.13 Å². The van der Waals surface area contributed by atoms with E-state index in [1.165, 1.54) is 16.9 Å². The molecule has 0 aliphatic carbocycles. The first-order chi connectivity index (χ1) is 11.7. The largest absolute Gasteiger partial charge is 0.301 e. The molecule has 0 bridgehead atoms. The second kappa shape index (κ2) is 7.41. The van der Waals surface area contributed by atoms with Crippen LogP contribution in [0.2, 0.25) is 0 Å². The van der Waals surface area contributed by atoms with Gasteiger partial charge in [-0.15, -0.1) is 11.3 Å². The van der Waals surface area contributed by atoms with Gasteiger partial charge < -0.3 is 5.32 Å². The number of benzene rings is 2. The first kappa shape index (κ1) is 16.4. The molecular formula is C20H20N2OS. The molecule has 1 N–H and O–H groups in total. The molecule has 1 unspecified atom stereocenters. The standard InChI is InChI=1S/C20H20N2OS/c1-3-17(15-7-5-4-6-8-15)19(23)22-20-21-18(13-24-20)16-11-9-14(2)10-12-16/h4-13,17H,3H2,1-2H3,(H,21,22,23). The number of carbonyl (C=O) groups is 1. The highest BCUT2D eigenvalue weighted by Gasteiger charge is 2.19. The van der Waals surface area contributed by atoms with Crippen molar-refractivity contribution in [1.82, 2.24) is 4.98 Å². The van der Waals surface area contributed by atoms with Crippen LogP contribution in [0.15, 0.2) is 60.0 Å². The van der Waals surface area contributed by atoms with Gasteiger partial charge in [-0.1, -0.05) is 67.1 Å². The van der Waals surface area contributed by atoms with Gasteiger partial charge in [-0.2, -0.15) is 0 Å². The molecule has 2 aromatic carbocycles. The summed E-state index contributed by atoms with van der Waals surface area (Å²) in [7, 11) is 0. The maximum atomic E-state index is 12.6. The predicted octanol–water partition coefficient (Wildman–Crippen LogP) is 5.25. The summed E-state index contributed by atoms with van der Waals surface area (Å²) in [6.07, 6.45) is 0.756. The van der Waals surface area contributed by atoms with Crippen LogP contribution in [0.1, 0.15) is 30.4 Å². The van der Waals surface area contributed by atoms with Crippen molar-refractivity contribution in [3.63, 3.8) is 0 Å². The summed E-state index contributed by atoms with van der Waals surface area (Å²) in [5.74, 6) is -0.161. The molecule has 3 nitrogen and oxygen atoms in total. The molecule has 1 heterocycles. The second-order valence-electron chi connectivity index (χ2n) is 5.76. The zero-order valence-electron chi connectivity index (χ0n) is 13.8. The molecule has 0 aliphatic heterocycles. The molecule has 0 saturated carbocycles. The second-order valence-corrected chi connectivity index (χ2v) is 6.62. The van der Waals surface area contributed by atoms with Crippen molar-refractivity contribution in [3.05, 3.63) is 71.1 Å². The topological polar surface area (TPSA) is 42.0 Å². The number of nitrogens with zero attached hydrogens (tertiary/aromatic N) is 1. The van der Waals surface area contributed by atoms with Gasteiger partial charge in [0.25, 0.3) is 0 Å². The number of anilines is 1. The molecule has 24 heavy (non-hydrogen) atoms. The van der Waals surface area contributed by atoms with Gasteiger partial charge in [-0.3, -0.25) is 4.79 Å². The molecule has 0 radical (unpaired) electrons. The van der Waals surface area contributed by atoms with Crippen LogP contribution in [-0.2, 0) is 4.79 Å². The van der Waals surface area contributed by atoms with Crippen LogP contribution >= 0.6 is 11.3 Å². The number of hydrogen-bond donors (Lipinski definition) is 1. The highest BCUT2D eigenvalue weighted by atomic mass is 32.1. The minimum Gasteiger partial charge on any atom is -0.301 e. The van der Waals surface area contributed by atoms with E-state index >= 15 is 0 Å². The number of rotatable bonds is 5. The van der Waals surface area contributed by atoms with E-state index in [4.69, 9.17) is 0 Å². The van der Waals surface area contributed by atoms with Crippen molar-refractivity contribution in [3.8, 4) is 11.3 Å². The van der Waals surface area contributed by atoms with Gasteiger partial charge in [-0.25, -0.2) is 4.98 Å². The fourth-order valence-electron chi connectivity index (χ4n) is 2.64. The summed E-state index contributed by atoms with van der Waals surface area (Å²) in [4.78, 5) is 17.1. The van der Waals surface area contributed by atoms with E-state index in [2.05, 4.69) is 41.5 Å². The number of aryl methyl sites for hydroxylation is 1. The van der Waals surface area contributed by atoms with Crippen molar-refractivity contribution >= 4 is 22.4 Å². The lowest BCUT2D eigenvalue weighted by molar-refractivity contribution is -0.117. The van der Waals surface area contributed by atoms with Crippen LogP contribution in [0.5, 0.6) is 0 Å². The van der Waals surface area contributed by atoms with Crippen molar-refractivity contribution in [2.45, 2.75) is 26.2 Å². The predicted molar refractivity (Wildman–Crippen MR) is 100 cm³/mol. The summed E-state index contributed by atoms with van der Waals surface area (Å²) < 4.78 is 0. The number of amides is 1. The summed E-state index contributed by atoms with van der Waals surface area (Å²) in [5, 5.41) is 5.58. The molecule has 1 aromatic heterocycles. The van der Waals surface area contributed by atoms with Gasteiger partial charge in [-0.05, 0) is 18.9 Å². The van der Waals surface area contributed by atoms with E-state index in [0.717, 1.165) is 23.2 Å². The van der Waals surface area contributed by atoms with E-state index in [1.54, 1.807) is 0 Å². The third-order valence-electron chi connectivity index (χ3n) is 4.01. The highest BCUT2D eigenvalue weighted by Crippen LogP contribution is 2.27. The average molecular weight is 336 g/mol. The van der Waals surface area contributed by atoms with E-state index in [9.17, 15) is 4.79 Å². The summed E-state index contributed by atoms with van der Waals surface area (Å²) in [5.41, 5.74) is 4.21. The molecule has 0 saturated heterocycles. The molecule has 0 spiro atoms. The van der Waals surface area contributed by atoms with Gasteiger partial charge in [0.1, 0.15) is 0 Å². The number of carbonyl (C=O) groups excluding carboxylic acids is 1. The molecule has 122 valence electrons. The van der Waals surface area contributed by atoms with Crippen LogP contribution in [0.3, 0.4) is 0 Å². The Morgan fingerprint density at radius 2 is 1.83 bits per heavy atom. The normalized spacial score (nSPS) is 11.9. The summed E-state index contributed by atoms with van der Waals surface area (Å²) >= 11 is 1.46. The zero-order chi connectivity index (χ0) is 16.9. The summed E-state index contributed by atoms with van der Waals surface area (Å²) in [6, 6.07) is 18.1. The van der Waals surface area contributed by atoms with Crippen molar-refractivity contribution < 1.29 is 4.79 Å². The third kappa shape index (κ3) is 3.71. The lowest BCUT2D eigenvalue weighted by atomic mass is 9.96. The number of nitrogens with one attached hydrogen (secondary N) is 1. The number of thiazole rings is 1. The first-order valence-electron chi connectivity index (χ1n) is 8.05. The molecule has 3 rings (SSSR count). The Morgan fingerprint density at radius 3 is 2.50 bits per heavy atom. The monoisotopic (exact) mass is 336 g/mol. The lowest BCUT2D eigenvalue weighted by Crippen LogP contribution is -2.20. The van der Waals surface area contributed by atoms with Crippen LogP contribution in [0.25, 0.3) is 11.3 Å². The Morgan fingerprint density at radius 1 is 1.12 bits per heavy atom. The number of aromatic nitrogens is 1. The van der Waals surface area contributed by atoms with Gasteiger partial charge >= 0.3 is 0 Å². The number of hydrogen-bond acceptors (Lipinski definition) is 3. The molecule has 0 aliphatic rings. The lowest BCUT2D eigenvalue weighted by Gasteiger charge is -2.14. The van der Waals surface area contributed by atoms with Crippen LogP contribution < -0.4 is 5.32 Å². The smallest absolute Gasteiger partial charge is 0.233 e. The zero-order valence-corrected chi connectivity index (χ0v) is 14.6. The summed E-state index contributed by atoms with van der Waals surface area (Å²) in [6.45, 7) is 4.09. The minimum absolute atomic E-state index is 0.00601. The van der Waals surface area contributed by atoms with Crippen LogP contribution in [0.4, 0.5) is 5.13 Å². The SMILES string of the molecule is CCC(C(=O)Nc1nc(-c2ccc(C)cc2)cs1)c1ccccc1. The van der Waals surface area contributed by atoms with Crippen molar-refractivity contribution in [2.75, 3.05) is 5.32 Å². The molecule has 3 aromatic rings. The van der Waals surface area contributed by atoms with Gasteiger partial charge in [0.05, 0.1) is 11.6 Å². The maximum absolute atomic E-state index is 12.6. The first-order valence-corrected chi connectivity index (χ1v) is 8.93. The van der Waals surface area contributed by atoms with Gasteiger partial charge in [0.15, 0.2) is 5.13 Å². The molecule has 1 atom stereocenters. The van der Waals surface area contributed by atoms with Crippen molar-refractivity contribution in [1.29, 1.82) is 0 Å². The molecule has 0 fully saturated rings. The molecule has 4 heteroatoms. The fourth-order valence-corrected chi connectivity index (χ4v) is 3.36. The van der Waals surface area contributed by atoms with Crippen LogP contribution in [0, 0.1) is 6.92 Å². The van der Waals surface area contributed by atoms with Gasteiger partial charge in [0, 0.05) is 10.9 Å². The molecular weight excluding hydrogens is 316 g/mol. The Balaban J connectivity index is 1.74. The maximum Gasteiger partial charge on any atom is 0.233 e. The highest BCUT2D eigenvalue weighted by molar-refractivity contribution is 7.14. The van der Waals surface area contributed by atoms with Gasteiger partial charge in [0.2, 0.25) is 5.91 Å². The Bertz CT molecular complexity index is 809. The third-order valence-corrected chi connectivity index (χ3v) is 4.77. The van der Waals surface area contributed by atoms with E-state index in [-0.39, 0.29) is 11.8 Å². The Hall–Kier alpha value is -2.46. The average Bonchev–Trinajstić information content (AvgIpc) is 3.05. The van der Waals surface area contributed by atoms with Crippen LogP contribution in [-0.4, -0.2) is 10.9 Å². The van der Waals surface area contributed by atoms with E-state index < -0.39 is 0 Å². The molecule has 1 amide bonds. The van der Waals surface area contributed by atoms with Crippen molar-refractivity contribution in [2.24, 2.45) is 0 Å². The quantitative estimate of drug-likeness (QED) is 0.691. The Labute approximate surface area is 146 Å².